The lowest BCUT2D eigenvalue weighted by Gasteiger charge is -2.29. The Morgan fingerprint density at radius 2 is 1.86 bits per heavy atom. The second-order valence-electron chi connectivity index (χ2n) is 7.01. The molecule has 0 spiro atoms. The largest absolute Gasteiger partial charge is 0.496 e. The van der Waals surface area contributed by atoms with Crippen molar-refractivity contribution in [1.29, 1.82) is 0 Å². The summed E-state index contributed by atoms with van der Waals surface area (Å²) in [7, 11) is 4.86. The number of para-hydroxylation sites is 1. The first-order valence-corrected chi connectivity index (χ1v) is 9.85. The Kier molecular flexibility index (Phi) is 6.64. The van der Waals surface area contributed by atoms with Gasteiger partial charge in [0, 0.05) is 30.7 Å². The molecule has 1 aliphatic heterocycles. The third-order valence-electron chi connectivity index (χ3n) is 5.17. The monoisotopic (exact) mass is 416 g/mol. The number of hydrogen-bond donors (Lipinski definition) is 0. The van der Waals surface area contributed by atoms with Gasteiger partial charge in [-0.3, -0.25) is 9.59 Å². The first-order chi connectivity index (χ1) is 14.0. The Labute approximate surface area is 176 Å². The maximum atomic E-state index is 13.2. The average Bonchev–Trinajstić information content (AvgIpc) is 3.22. The lowest BCUT2D eigenvalue weighted by atomic mass is 10.1. The first kappa shape index (κ1) is 21.0. The van der Waals surface area contributed by atoms with Crippen LogP contribution in [0.4, 0.5) is 0 Å². The Hall–Kier alpha value is -2.73. The molecule has 154 valence electrons. The van der Waals surface area contributed by atoms with Crippen molar-refractivity contribution in [2.45, 2.75) is 25.4 Å². The molecule has 0 aliphatic carbocycles. The van der Waals surface area contributed by atoms with Crippen molar-refractivity contribution in [3.05, 3.63) is 58.6 Å². The summed E-state index contributed by atoms with van der Waals surface area (Å²) in [6.07, 6.45) is 1.40. The highest BCUT2D eigenvalue weighted by atomic mass is 35.5. The normalized spacial score (nSPS) is 15.9. The van der Waals surface area contributed by atoms with E-state index in [1.165, 1.54) is 7.11 Å². The van der Waals surface area contributed by atoms with Crippen LogP contribution in [0.2, 0.25) is 5.02 Å². The van der Waals surface area contributed by atoms with E-state index in [1.807, 2.05) is 24.3 Å². The minimum Gasteiger partial charge on any atom is -0.496 e. The Morgan fingerprint density at radius 1 is 1.14 bits per heavy atom. The molecular formula is C22H25ClN2O4. The highest BCUT2D eigenvalue weighted by Gasteiger charge is 2.37. The van der Waals surface area contributed by atoms with Gasteiger partial charge in [0.15, 0.2) is 0 Å². The van der Waals surface area contributed by atoms with E-state index in [1.54, 1.807) is 42.2 Å². The Bertz CT molecular complexity index is 902. The van der Waals surface area contributed by atoms with Crippen molar-refractivity contribution in [1.82, 2.24) is 9.80 Å². The van der Waals surface area contributed by atoms with E-state index in [2.05, 4.69) is 0 Å². The van der Waals surface area contributed by atoms with Gasteiger partial charge in [0.25, 0.3) is 5.91 Å². The molecule has 1 aliphatic rings. The fourth-order valence-electron chi connectivity index (χ4n) is 3.69. The maximum absolute atomic E-state index is 13.2. The van der Waals surface area contributed by atoms with Crippen molar-refractivity contribution in [2.24, 2.45) is 0 Å². The zero-order valence-corrected chi connectivity index (χ0v) is 17.6. The van der Waals surface area contributed by atoms with Crippen molar-refractivity contribution in [2.75, 3.05) is 27.8 Å². The van der Waals surface area contributed by atoms with Crippen LogP contribution in [0.25, 0.3) is 0 Å². The summed E-state index contributed by atoms with van der Waals surface area (Å²) in [5, 5.41) is 0.449. The minimum atomic E-state index is -0.508. The zero-order valence-electron chi connectivity index (χ0n) is 16.9. The maximum Gasteiger partial charge on any atom is 0.258 e. The van der Waals surface area contributed by atoms with E-state index in [-0.39, 0.29) is 11.8 Å². The molecule has 2 aromatic carbocycles. The number of likely N-dealkylation sites (tertiary alicyclic amines) is 1. The van der Waals surface area contributed by atoms with Gasteiger partial charge in [-0.05, 0) is 37.1 Å². The fourth-order valence-corrected chi connectivity index (χ4v) is 3.86. The smallest absolute Gasteiger partial charge is 0.258 e. The molecule has 0 N–H and O–H groups in total. The Morgan fingerprint density at radius 3 is 2.59 bits per heavy atom. The third-order valence-corrected chi connectivity index (χ3v) is 5.40. The van der Waals surface area contributed by atoms with Crippen molar-refractivity contribution in [3.8, 4) is 11.5 Å². The molecule has 1 heterocycles. The first-order valence-electron chi connectivity index (χ1n) is 9.47. The molecule has 6 nitrogen and oxygen atoms in total. The van der Waals surface area contributed by atoms with Gasteiger partial charge >= 0.3 is 0 Å². The van der Waals surface area contributed by atoms with Crippen LogP contribution in [-0.4, -0.2) is 55.5 Å². The van der Waals surface area contributed by atoms with Gasteiger partial charge in [0.2, 0.25) is 5.91 Å². The molecule has 2 amide bonds. The molecule has 7 heteroatoms. The van der Waals surface area contributed by atoms with Crippen LogP contribution in [0.1, 0.15) is 28.8 Å². The quantitative estimate of drug-likeness (QED) is 0.721. The van der Waals surface area contributed by atoms with Crippen LogP contribution in [0, 0.1) is 0 Å². The molecule has 1 unspecified atom stereocenters. The molecule has 1 fully saturated rings. The van der Waals surface area contributed by atoms with Gasteiger partial charge in [-0.2, -0.15) is 0 Å². The molecule has 29 heavy (non-hydrogen) atoms. The molecule has 0 saturated carbocycles. The SMILES string of the molecule is COc1ccccc1CN(C)C(=O)C1CCCN1C(=O)c1cc(Cl)ccc1OC. The van der Waals surface area contributed by atoms with Crippen molar-refractivity contribution >= 4 is 23.4 Å². The van der Waals surface area contributed by atoms with Gasteiger partial charge in [-0.1, -0.05) is 29.8 Å². The summed E-state index contributed by atoms with van der Waals surface area (Å²) in [5.41, 5.74) is 1.28. The average molecular weight is 417 g/mol. The number of carbonyl (C=O) groups is 2. The van der Waals surface area contributed by atoms with Gasteiger partial charge in [0.05, 0.1) is 19.8 Å². The summed E-state index contributed by atoms with van der Waals surface area (Å²) in [5.74, 6) is 0.837. The highest BCUT2D eigenvalue weighted by molar-refractivity contribution is 6.31. The number of likely N-dealkylation sites (N-methyl/N-ethyl adjacent to an activating group) is 1. The molecule has 1 saturated heterocycles. The van der Waals surface area contributed by atoms with E-state index in [0.29, 0.717) is 35.8 Å². The molecular weight excluding hydrogens is 392 g/mol. The van der Waals surface area contributed by atoms with Crippen LogP contribution < -0.4 is 9.47 Å². The molecule has 3 rings (SSSR count). The third kappa shape index (κ3) is 4.48. The summed E-state index contributed by atoms with van der Waals surface area (Å²) in [6.45, 7) is 0.926. The number of benzene rings is 2. The number of rotatable bonds is 6. The van der Waals surface area contributed by atoms with Gasteiger partial charge in [0.1, 0.15) is 17.5 Å². The van der Waals surface area contributed by atoms with Gasteiger partial charge in [-0.15, -0.1) is 0 Å². The number of ether oxygens (including phenoxy) is 2. The standard InChI is InChI=1S/C22H25ClN2O4/c1-24(14-15-7-4-5-9-19(15)28-2)22(27)18-8-6-12-25(18)21(26)17-13-16(23)10-11-20(17)29-3/h4-5,7,9-11,13,18H,6,8,12,14H2,1-3H3. The number of amides is 2. The predicted octanol–water partition coefficient (Wildman–Crippen LogP) is 3.62. The van der Waals surface area contributed by atoms with E-state index >= 15 is 0 Å². The second kappa shape index (κ2) is 9.18. The van der Waals surface area contributed by atoms with E-state index in [4.69, 9.17) is 21.1 Å². The molecule has 0 radical (unpaired) electrons. The summed E-state index contributed by atoms with van der Waals surface area (Å²) < 4.78 is 10.7. The predicted molar refractivity (Wildman–Crippen MR) is 112 cm³/mol. The lowest BCUT2D eigenvalue weighted by Crippen LogP contribution is -2.46. The topological polar surface area (TPSA) is 59.1 Å². The van der Waals surface area contributed by atoms with Crippen LogP contribution in [0.5, 0.6) is 11.5 Å². The molecule has 2 aromatic rings. The van der Waals surface area contributed by atoms with E-state index in [0.717, 1.165) is 17.7 Å². The number of carbonyl (C=O) groups excluding carboxylic acids is 2. The fraction of sp³-hybridized carbons (Fsp3) is 0.364. The second-order valence-corrected chi connectivity index (χ2v) is 7.44. The van der Waals surface area contributed by atoms with Gasteiger partial charge < -0.3 is 19.3 Å². The van der Waals surface area contributed by atoms with Gasteiger partial charge in [-0.25, -0.2) is 0 Å². The zero-order chi connectivity index (χ0) is 21.0. The summed E-state index contributed by atoms with van der Waals surface area (Å²) in [6, 6.07) is 12.0. The minimum absolute atomic E-state index is 0.0947. The van der Waals surface area contributed by atoms with E-state index < -0.39 is 6.04 Å². The summed E-state index contributed by atoms with van der Waals surface area (Å²) in [4.78, 5) is 29.6. The van der Waals surface area contributed by atoms with Crippen LogP contribution in [-0.2, 0) is 11.3 Å². The lowest BCUT2D eigenvalue weighted by molar-refractivity contribution is -0.134. The Balaban J connectivity index is 1.78. The van der Waals surface area contributed by atoms with Crippen molar-refractivity contribution < 1.29 is 19.1 Å². The summed E-state index contributed by atoms with van der Waals surface area (Å²) >= 11 is 6.08. The number of hydrogen-bond acceptors (Lipinski definition) is 4. The van der Waals surface area contributed by atoms with E-state index in [9.17, 15) is 9.59 Å². The molecule has 1 atom stereocenters. The number of halogens is 1. The number of nitrogens with zero attached hydrogens (tertiary/aromatic N) is 2. The molecule has 0 aromatic heterocycles. The highest BCUT2D eigenvalue weighted by Crippen LogP contribution is 2.29. The number of methoxy groups -OCH3 is 2. The van der Waals surface area contributed by atoms with Crippen LogP contribution in [0.15, 0.2) is 42.5 Å². The van der Waals surface area contributed by atoms with Crippen molar-refractivity contribution in [3.63, 3.8) is 0 Å². The van der Waals surface area contributed by atoms with Crippen LogP contribution >= 0.6 is 11.6 Å². The van der Waals surface area contributed by atoms with Crippen LogP contribution in [0.3, 0.4) is 0 Å². The molecule has 0 bridgehead atoms.